The van der Waals surface area contributed by atoms with Crippen molar-refractivity contribution in [3.05, 3.63) is 96.8 Å². The Kier molecular flexibility index (Phi) is 4.09. The minimum atomic E-state index is 0.891. The third-order valence-corrected chi connectivity index (χ3v) is 4.19. The number of aromatic nitrogens is 2. The third kappa shape index (κ3) is 3.33. The van der Waals surface area contributed by atoms with Gasteiger partial charge < -0.3 is 0 Å². The van der Waals surface area contributed by atoms with Crippen molar-refractivity contribution in [3.8, 4) is 33.6 Å². The highest BCUT2D eigenvalue weighted by atomic mass is 14.8. The first-order chi connectivity index (χ1) is 12.3. The van der Waals surface area contributed by atoms with E-state index < -0.39 is 0 Å². The highest BCUT2D eigenvalue weighted by Crippen LogP contribution is 2.27. The Morgan fingerprint density at radius 1 is 0.560 bits per heavy atom. The molecule has 2 aromatic heterocycles. The van der Waals surface area contributed by atoms with Crippen molar-refractivity contribution in [2.24, 2.45) is 0 Å². The second-order valence-electron chi connectivity index (χ2n) is 6.04. The summed E-state index contributed by atoms with van der Waals surface area (Å²) in [5, 5.41) is 0. The Labute approximate surface area is 147 Å². The number of aryl methyl sites for hydroxylation is 1. The molecule has 0 unspecified atom stereocenters. The number of pyridine rings is 2. The van der Waals surface area contributed by atoms with Crippen molar-refractivity contribution in [1.29, 1.82) is 0 Å². The summed E-state index contributed by atoms with van der Waals surface area (Å²) in [4.78, 5) is 9.25. The van der Waals surface area contributed by atoms with Crippen LogP contribution in [0, 0.1) is 6.92 Å². The van der Waals surface area contributed by atoms with Gasteiger partial charge in [0.05, 0.1) is 11.4 Å². The van der Waals surface area contributed by atoms with E-state index in [0.717, 1.165) is 28.2 Å². The maximum absolute atomic E-state index is 4.70. The molecule has 2 nitrogen and oxygen atoms in total. The molecular weight excluding hydrogens is 304 g/mol. The van der Waals surface area contributed by atoms with Gasteiger partial charge in [0.2, 0.25) is 0 Å². The standard InChI is InChI=1S/C23H18N2/c1-17-14-21(19-10-6-3-7-11-19)16-23(25-17)22-15-20(12-13-24-22)18-8-4-2-5-9-18/h2-16H,1H3. The van der Waals surface area contributed by atoms with Gasteiger partial charge in [0.1, 0.15) is 0 Å². The average Bonchev–Trinajstić information content (AvgIpc) is 2.69. The van der Waals surface area contributed by atoms with E-state index in [1.165, 1.54) is 11.1 Å². The van der Waals surface area contributed by atoms with Gasteiger partial charge in [-0.1, -0.05) is 60.7 Å². The fourth-order valence-corrected chi connectivity index (χ4v) is 2.98. The highest BCUT2D eigenvalue weighted by Gasteiger charge is 2.07. The lowest BCUT2D eigenvalue weighted by atomic mass is 10.0. The zero-order chi connectivity index (χ0) is 17.1. The quantitative estimate of drug-likeness (QED) is 0.477. The van der Waals surface area contributed by atoms with Gasteiger partial charge in [0, 0.05) is 11.9 Å². The lowest BCUT2D eigenvalue weighted by molar-refractivity contribution is 1.18. The lowest BCUT2D eigenvalue weighted by Gasteiger charge is -2.08. The van der Waals surface area contributed by atoms with E-state index in [4.69, 9.17) is 4.98 Å². The zero-order valence-corrected chi connectivity index (χ0v) is 14.1. The lowest BCUT2D eigenvalue weighted by Crippen LogP contribution is -1.92. The molecule has 2 heteroatoms. The van der Waals surface area contributed by atoms with E-state index in [1.807, 2.05) is 43.5 Å². The maximum atomic E-state index is 4.70. The molecule has 0 N–H and O–H groups in total. The minimum absolute atomic E-state index is 0.891. The molecule has 0 amide bonds. The largest absolute Gasteiger partial charge is 0.255 e. The van der Waals surface area contributed by atoms with Gasteiger partial charge in [-0.3, -0.25) is 9.97 Å². The van der Waals surface area contributed by atoms with Crippen LogP contribution in [0.1, 0.15) is 5.69 Å². The normalized spacial score (nSPS) is 10.6. The zero-order valence-electron chi connectivity index (χ0n) is 14.1. The molecule has 0 spiro atoms. The Morgan fingerprint density at radius 2 is 1.16 bits per heavy atom. The molecule has 0 atom stereocenters. The van der Waals surface area contributed by atoms with Crippen molar-refractivity contribution < 1.29 is 0 Å². The van der Waals surface area contributed by atoms with E-state index in [1.54, 1.807) is 0 Å². The first-order valence-corrected chi connectivity index (χ1v) is 8.35. The van der Waals surface area contributed by atoms with E-state index in [0.29, 0.717) is 0 Å². The molecule has 120 valence electrons. The second-order valence-corrected chi connectivity index (χ2v) is 6.04. The van der Waals surface area contributed by atoms with Crippen LogP contribution in [0.2, 0.25) is 0 Å². The summed E-state index contributed by atoms with van der Waals surface area (Å²) in [6.45, 7) is 2.02. The summed E-state index contributed by atoms with van der Waals surface area (Å²) in [5.41, 5.74) is 7.46. The van der Waals surface area contributed by atoms with Crippen molar-refractivity contribution in [1.82, 2.24) is 9.97 Å². The third-order valence-electron chi connectivity index (χ3n) is 4.19. The molecular formula is C23H18N2. The van der Waals surface area contributed by atoms with Crippen LogP contribution in [-0.4, -0.2) is 9.97 Å². The Hall–Kier alpha value is -3.26. The molecule has 0 bridgehead atoms. The maximum Gasteiger partial charge on any atom is 0.0895 e. The fourth-order valence-electron chi connectivity index (χ4n) is 2.98. The average molecular weight is 322 g/mol. The van der Waals surface area contributed by atoms with Gasteiger partial charge >= 0.3 is 0 Å². The van der Waals surface area contributed by atoms with Gasteiger partial charge in [0.15, 0.2) is 0 Å². The number of benzene rings is 2. The molecule has 0 radical (unpaired) electrons. The van der Waals surface area contributed by atoms with E-state index in [-0.39, 0.29) is 0 Å². The van der Waals surface area contributed by atoms with Crippen LogP contribution in [-0.2, 0) is 0 Å². The van der Waals surface area contributed by atoms with Crippen LogP contribution < -0.4 is 0 Å². The van der Waals surface area contributed by atoms with Crippen molar-refractivity contribution >= 4 is 0 Å². The van der Waals surface area contributed by atoms with Crippen LogP contribution in [0.3, 0.4) is 0 Å². The summed E-state index contributed by atoms with van der Waals surface area (Å²) < 4.78 is 0. The molecule has 4 aromatic rings. The Bertz CT molecular complexity index is 993. The SMILES string of the molecule is Cc1cc(-c2ccccc2)cc(-c2cc(-c3ccccc3)ccn2)n1. The second kappa shape index (κ2) is 6.70. The number of hydrogen-bond acceptors (Lipinski definition) is 2. The Balaban J connectivity index is 1.79. The minimum Gasteiger partial charge on any atom is -0.255 e. The van der Waals surface area contributed by atoms with Crippen LogP contribution in [0.25, 0.3) is 33.6 Å². The monoisotopic (exact) mass is 322 g/mol. The van der Waals surface area contributed by atoms with Gasteiger partial charge in [0.25, 0.3) is 0 Å². The van der Waals surface area contributed by atoms with Gasteiger partial charge in [-0.2, -0.15) is 0 Å². The number of rotatable bonds is 3. The van der Waals surface area contributed by atoms with Gasteiger partial charge in [-0.05, 0) is 53.4 Å². The van der Waals surface area contributed by atoms with Crippen molar-refractivity contribution in [2.75, 3.05) is 0 Å². The van der Waals surface area contributed by atoms with Crippen molar-refractivity contribution in [2.45, 2.75) is 6.92 Å². The first kappa shape index (κ1) is 15.3. The van der Waals surface area contributed by atoms with Crippen LogP contribution in [0.5, 0.6) is 0 Å². The van der Waals surface area contributed by atoms with E-state index in [9.17, 15) is 0 Å². The summed E-state index contributed by atoms with van der Waals surface area (Å²) in [7, 11) is 0. The molecule has 25 heavy (non-hydrogen) atoms. The first-order valence-electron chi connectivity index (χ1n) is 8.35. The Morgan fingerprint density at radius 3 is 1.84 bits per heavy atom. The van der Waals surface area contributed by atoms with Crippen LogP contribution in [0.15, 0.2) is 91.1 Å². The summed E-state index contributed by atoms with van der Waals surface area (Å²) in [5.74, 6) is 0. The molecule has 2 aromatic carbocycles. The molecule has 2 heterocycles. The van der Waals surface area contributed by atoms with E-state index >= 15 is 0 Å². The fraction of sp³-hybridized carbons (Fsp3) is 0.0435. The molecule has 4 rings (SSSR count). The van der Waals surface area contributed by atoms with E-state index in [2.05, 4.69) is 59.6 Å². The predicted molar refractivity (Wildman–Crippen MR) is 103 cm³/mol. The van der Waals surface area contributed by atoms with Gasteiger partial charge in [-0.15, -0.1) is 0 Å². The smallest absolute Gasteiger partial charge is 0.0895 e. The van der Waals surface area contributed by atoms with Crippen molar-refractivity contribution in [3.63, 3.8) is 0 Å². The summed E-state index contributed by atoms with van der Waals surface area (Å²) >= 11 is 0. The summed E-state index contributed by atoms with van der Waals surface area (Å²) in [6.07, 6.45) is 1.85. The van der Waals surface area contributed by atoms with Gasteiger partial charge in [-0.25, -0.2) is 0 Å². The molecule has 0 saturated heterocycles. The topological polar surface area (TPSA) is 25.8 Å². The number of nitrogens with zero attached hydrogens (tertiary/aromatic N) is 2. The molecule has 0 fully saturated rings. The molecule has 0 saturated carbocycles. The highest BCUT2D eigenvalue weighted by molar-refractivity contribution is 5.73. The van der Waals surface area contributed by atoms with Crippen LogP contribution >= 0.6 is 0 Å². The predicted octanol–water partition coefficient (Wildman–Crippen LogP) is 5.79. The molecule has 0 aliphatic carbocycles. The molecule has 0 aliphatic heterocycles. The summed E-state index contributed by atoms with van der Waals surface area (Å²) in [6, 6.07) is 29.1. The number of hydrogen-bond donors (Lipinski definition) is 0. The van der Waals surface area contributed by atoms with Crippen LogP contribution in [0.4, 0.5) is 0 Å². The molecule has 0 aliphatic rings.